The van der Waals surface area contributed by atoms with Crippen molar-refractivity contribution in [2.45, 2.75) is 12.3 Å². The van der Waals surface area contributed by atoms with Gasteiger partial charge in [0.2, 0.25) is 0 Å². The van der Waals surface area contributed by atoms with Crippen LogP contribution >= 0.6 is 0 Å². The van der Waals surface area contributed by atoms with Crippen LogP contribution in [0.2, 0.25) is 0 Å². The second-order valence-electron chi connectivity index (χ2n) is 4.85. The molecule has 2 heterocycles. The van der Waals surface area contributed by atoms with E-state index in [1.165, 1.54) is 5.56 Å². The number of urea groups is 1. The highest BCUT2D eigenvalue weighted by Gasteiger charge is 2.34. The number of carbonyl (C=O) groups is 1. The van der Waals surface area contributed by atoms with Gasteiger partial charge in [0.1, 0.15) is 5.75 Å². The first-order chi connectivity index (χ1) is 9.22. The number of methoxy groups -OCH3 is 1. The third-order valence-corrected chi connectivity index (χ3v) is 3.82. The first-order valence-corrected chi connectivity index (χ1v) is 6.45. The van der Waals surface area contributed by atoms with Crippen LogP contribution in [0.15, 0.2) is 23.2 Å². The number of likely N-dealkylation sites (tertiary alicyclic amines) is 1. The van der Waals surface area contributed by atoms with Crippen LogP contribution in [0, 0.1) is 0 Å². The highest BCUT2D eigenvalue weighted by molar-refractivity contribution is 6.01. The van der Waals surface area contributed by atoms with Gasteiger partial charge in [-0.25, -0.2) is 4.79 Å². The molecule has 100 valence electrons. The van der Waals surface area contributed by atoms with Crippen molar-refractivity contribution >= 4 is 17.4 Å². The standard InChI is InChI=1S/C14H17N3O2/c1-15-14(18)17-6-5-10-11-7-9(19-2)3-4-12(11)16-13(10)8-17/h3-4,7,10H,5-6,8H2,1-2H3,(H,15,18). The third kappa shape index (κ3) is 1.95. The van der Waals surface area contributed by atoms with Crippen molar-refractivity contribution in [1.29, 1.82) is 0 Å². The number of piperidine rings is 1. The first-order valence-electron chi connectivity index (χ1n) is 6.45. The van der Waals surface area contributed by atoms with Crippen LogP contribution < -0.4 is 10.1 Å². The predicted octanol–water partition coefficient (Wildman–Crippen LogP) is 1.91. The molecule has 2 aliphatic heterocycles. The van der Waals surface area contributed by atoms with E-state index in [9.17, 15) is 4.79 Å². The maximum absolute atomic E-state index is 11.7. The fourth-order valence-corrected chi connectivity index (χ4v) is 2.81. The number of aliphatic imine (C=N–C) groups is 1. The summed E-state index contributed by atoms with van der Waals surface area (Å²) in [5, 5.41) is 2.67. The maximum Gasteiger partial charge on any atom is 0.317 e. The Bertz CT molecular complexity index is 554. The summed E-state index contributed by atoms with van der Waals surface area (Å²) >= 11 is 0. The number of amides is 2. The SMILES string of the molecule is CNC(=O)N1CCC2C(=Nc3ccc(OC)cc32)C1. The Labute approximate surface area is 112 Å². The molecule has 3 rings (SSSR count). The predicted molar refractivity (Wildman–Crippen MR) is 73.5 cm³/mol. The van der Waals surface area contributed by atoms with E-state index in [0.29, 0.717) is 12.5 Å². The van der Waals surface area contributed by atoms with E-state index >= 15 is 0 Å². The number of hydrogen-bond acceptors (Lipinski definition) is 3. The van der Waals surface area contributed by atoms with Crippen LogP contribution in [0.1, 0.15) is 17.9 Å². The van der Waals surface area contributed by atoms with E-state index in [0.717, 1.165) is 30.1 Å². The van der Waals surface area contributed by atoms with Crippen molar-refractivity contribution in [2.24, 2.45) is 4.99 Å². The second kappa shape index (κ2) is 4.57. The topological polar surface area (TPSA) is 53.9 Å². The van der Waals surface area contributed by atoms with Crippen LogP contribution in [0.3, 0.4) is 0 Å². The van der Waals surface area contributed by atoms with Gasteiger partial charge in [0.05, 0.1) is 19.3 Å². The van der Waals surface area contributed by atoms with Crippen molar-refractivity contribution in [3.05, 3.63) is 23.8 Å². The van der Waals surface area contributed by atoms with Gasteiger partial charge in [-0.3, -0.25) is 4.99 Å². The molecule has 0 aliphatic carbocycles. The van der Waals surface area contributed by atoms with Gasteiger partial charge < -0.3 is 15.0 Å². The lowest BCUT2D eigenvalue weighted by Crippen LogP contribution is -2.46. The summed E-state index contributed by atoms with van der Waals surface area (Å²) in [6, 6.07) is 5.95. The summed E-state index contributed by atoms with van der Waals surface area (Å²) in [4.78, 5) is 18.1. The van der Waals surface area contributed by atoms with Gasteiger partial charge in [-0.1, -0.05) is 0 Å². The van der Waals surface area contributed by atoms with E-state index in [1.54, 1.807) is 19.1 Å². The van der Waals surface area contributed by atoms with E-state index < -0.39 is 0 Å². The van der Waals surface area contributed by atoms with Gasteiger partial charge >= 0.3 is 6.03 Å². The Kier molecular flexibility index (Phi) is 2.89. The molecule has 1 aromatic rings. The van der Waals surface area contributed by atoms with Crippen LogP contribution in [0.25, 0.3) is 0 Å². The lowest BCUT2D eigenvalue weighted by molar-refractivity contribution is 0.202. The zero-order valence-corrected chi connectivity index (χ0v) is 11.1. The van der Waals surface area contributed by atoms with Crippen molar-refractivity contribution < 1.29 is 9.53 Å². The number of rotatable bonds is 1. The molecule has 5 nitrogen and oxygen atoms in total. The van der Waals surface area contributed by atoms with Gasteiger partial charge in [0.25, 0.3) is 0 Å². The Morgan fingerprint density at radius 3 is 3.11 bits per heavy atom. The molecule has 19 heavy (non-hydrogen) atoms. The van der Waals surface area contributed by atoms with Crippen LogP contribution in [-0.4, -0.2) is 43.9 Å². The quantitative estimate of drug-likeness (QED) is 0.837. The summed E-state index contributed by atoms with van der Waals surface area (Å²) in [5.74, 6) is 1.20. The number of ether oxygens (including phenoxy) is 1. The van der Waals surface area contributed by atoms with Gasteiger partial charge in [-0.05, 0) is 30.2 Å². The number of hydrogen-bond donors (Lipinski definition) is 1. The van der Waals surface area contributed by atoms with Gasteiger partial charge in [-0.2, -0.15) is 0 Å². The molecule has 0 saturated carbocycles. The zero-order chi connectivity index (χ0) is 13.4. The molecule has 1 N–H and O–H groups in total. The van der Waals surface area contributed by atoms with Crippen molar-refractivity contribution in [3.63, 3.8) is 0 Å². The molecule has 1 unspecified atom stereocenters. The smallest absolute Gasteiger partial charge is 0.317 e. The molecule has 0 radical (unpaired) electrons. The average molecular weight is 259 g/mol. The monoisotopic (exact) mass is 259 g/mol. The average Bonchev–Trinajstić information content (AvgIpc) is 2.82. The zero-order valence-electron chi connectivity index (χ0n) is 11.1. The Morgan fingerprint density at radius 2 is 2.37 bits per heavy atom. The summed E-state index contributed by atoms with van der Waals surface area (Å²) < 4.78 is 5.27. The van der Waals surface area contributed by atoms with Gasteiger partial charge in [0.15, 0.2) is 0 Å². The largest absolute Gasteiger partial charge is 0.497 e. The first kappa shape index (κ1) is 12.0. The third-order valence-electron chi connectivity index (χ3n) is 3.82. The van der Waals surface area contributed by atoms with Crippen LogP contribution in [0.5, 0.6) is 5.75 Å². The molecule has 1 saturated heterocycles. The van der Waals surface area contributed by atoms with E-state index in [-0.39, 0.29) is 6.03 Å². The molecule has 5 heteroatoms. The summed E-state index contributed by atoms with van der Waals surface area (Å²) in [6.45, 7) is 1.38. The normalized spacial score (nSPS) is 20.4. The molecular weight excluding hydrogens is 242 g/mol. The molecular formula is C14H17N3O2. The number of nitrogens with zero attached hydrogens (tertiary/aromatic N) is 2. The Balaban J connectivity index is 1.86. The fourth-order valence-electron chi connectivity index (χ4n) is 2.81. The highest BCUT2D eigenvalue weighted by atomic mass is 16.5. The minimum Gasteiger partial charge on any atom is -0.497 e. The van der Waals surface area contributed by atoms with Gasteiger partial charge in [-0.15, -0.1) is 0 Å². The van der Waals surface area contributed by atoms with Crippen molar-refractivity contribution in [2.75, 3.05) is 27.2 Å². The van der Waals surface area contributed by atoms with E-state index in [2.05, 4.69) is 16.4 Å². The fraction of sp³-hybridized carbons (Fsp3) is 0.429. The number of nitrogens with one attached hydrogen (secondary N) is 1. The van der Waals surface area contributed by atoms with Crippen LogP contribution in [0.4, 0.5) is 10.5 Å². The van der Waals surface area contributed by atoms with Crippen molar-refractivity contribution in [3.8, 4) is 5.75 Å². The Hall–Kier alpha value is -2.04. The second-order valence-corrected chi connectivity index (χ2v) is 4.85. The molecule has 2 aliphatic rings. The van der Waals surface area contributed by atoms with E-state index in [4.69, 9.17) is 4.74 Å². The molecule has 1 aromatic carbocycles. The van der Waals surface area contributed by atoms with Gasteiger partial charge in [0, 0.05) is 25.2 Å². The molecule has 1 atom stereocenters. The molecule has 1 fully saturated rings. The number of fused-ring (bicyclic) bond motifs is 3. The summed E-state index contributed by atoms with van der Waals surface area (Å²) in [7, 11) is 3.33. The minimum atomic E-state index is -0.0327. The maximum atomic E-state index is 11.7. The summed E-state index contributed by atoms with van der Waals surface area (Å²) in [6.07, 6.45) is 0.923. The molecule has 0 bridgehead atoms. The molecule has 0 spiro atoms. The summed E-state index contributed by atoms with van der Waals surface area (Å²) in [5.41, 5.74) is 3.32. The molecule has 2 amide bonds. The van der Waals surface area contributed by atoms with Crippen molar-refractivity contribution in [1.82, 2.24) is 10.2 Å². The van der Waals surface area contributed by atoms with Crippen LogP contribution in [-0.2, 0) is 0 Å². The Morgan fingerprint density at radius 1 is 1.53 bits per heavy atom. The lowest BCUT2D eigenvalue weighted by atomic mass is 9.89. The van der Waals surface area contributed by atoms with E-state index in [1.807, 2.05) is 12.1 Å². The highest BCUT2D eigenvalue weighted by Crippen LogP contribution is 2.41. The lowest BCUT2D eigenvalue weighted by Gasteiger charge is -2.30. The minimum absolute atomic E-state index is 0.0327. The number of benzene rings is 1. The number of carbonyl (C=O) groups excluding carboxylic acids is 1. The molecule has 0 aromatic heterocycles.